The molecule has 1 aliphatic heterocycles. The first-order valence-corrected chi connectivity index (χ1v) is 10.1. The summed E-state index contributed by atoms with van der Waals surface area (Å²) in [6.45, 7) is 6.94. The lowest BCUT2D eigenvalue weighted by molar-refractivity contribution is 0.102. The SMILES string of the molecule is CC(C)n1nc(-c2[nH]ncc2NC(=O)c2cc(F)cc(N3CCN(C)CC3)c2)[nH]c1=O. The van der Waals surface area contributed by atoms with Crippen LogP contribution in [0.2, 0.25) is 0 Å². The maximum atomic E-state index is 14.3. The molecule has 3 aromatic rings. The van der Waals surface area contributed by atoms with Gasteiger partial charge in [-0.25, -0.2) is 13.9 Å². The minimum atomic E-state index is -0.483. The van der Waals surface area contributed by atoms with E-state index in [4.69, 9.17) is 0 Å². The van der Waals surface area contributed by atoms with Gasteiger partial charge in [-0.3, -0.25) is 14.9 Å². The van der Waals surface area contributed by atoms with Crippen molar-refractivity contribution in [3.63, 3.8) is 0 Å². The molecule has 4 rings (SSSR count). The zero-order valence-electron chi connectivity index (χ0n) is 17.6. The lowest BCUT2D eigenvalue weighted by atomic mass is 10.1. The van der Waals surface area contributed by atoms with E-state index in [1.807, 2.05) is 20.9 Å². The Balaban J connectivity index is 1.57. The second-order valence-electron chi connectivity index (χ2n) is 7.92. The number of carbonyl (C=O) groups is 1. The molecule has 0 aliphatic carbocycles. The molecule has 2 aromatic heterocycles. The Hall–Kier alpha value is -3.47. The Morgan fingerprint density at radius 2 is 1.94 bits per heavy atom. The number of aromatic amines is 2. The molecule has 0 atom stereocenters. The molecule has 3 heterocycles. The fraction of sp³-hybridized carbons (Fsp3) is 0.400. The second kappa shape index (κ2) is 8.34. The number of hydrogen-bond donors (Lipinski definition) is 3. The molecule has 0 radical (unpaired) electrons. The normalized spacial score (nSPS) is 14.9. The minimum Gasteiger partial charge on any atom is -0.369 e. The molecule has 31 heavy (non-hydrogen) atoms. The molecule has 1 aliphatic rings. The maximum absolute atomic E-state index is 14.3. The molecule has 1 aromatic carbocycles. The van der Waals surface area contributed by atoms with Crippen molar-refractivity contribution in [2.75, 3.05) is 43.4 Å². The average Bonchev–Trinajstić information content (AvgIpc) is 3.34. The highest BCUT2D eigenvalue weighted by Gasteiger charge is 2.20. The number of anilines is 2. The van der Waals surface area contributed by atoms with E-state index in [-0.39, 0.29) is 23.1 Å². The van der Waals surface area contributed by atoms with Gasteiger partial charge in [-0.1, -0.05) is 0 Å². The quantitative estimate of drug-likeness (QED) is 0.570. The first-order chi connectivity index (χ1) is 14.8. The number of hydrogen-bond acceptors (Lipinski definition) is 6. The molecule has 0 spiro atoms. The number of carbonyl (C=O) groups excluding carboxylic acids is 1. The number of nitrogens with one attached hydrogen (secondary N) is 3. The van der Waals surface area contributed by atoms with E-state index < -0.39 is 11.7 Å². The van der Waals surface area contributed by atoms with Crippen LogP contribution in [0.1, 0.15) is 30.2 Å². The Kier molecular flexibility index (Phi) is 5.59. The molecule has 164 valence electrons. The Bertz CT molecular complexity index is 1140. The highest BCUT2D eigenvalue weighted by Crippen LogP contribution is 2.24. The molecule has 1 amide bonds. The standard InChI is InChI=1S/C20H25FN8O2/c1-12(2)29-20(31)24-18(26-29)17-16(11-22-25-17)23-19(30)13-8-14(21)10-15(9-13)28-6-4-27(3)5-7-28/h8-12H,4-7H2,1-3H3,(H,22,25)(H,23,30)(H,24,26,31). The summed E-state index contributed by atoms with van der Waals surface area (Å²) in [6.07, 6.45) is 1.42. The van der Waals surface area contributed by atoms with E-state index in [1.165, 1.54) is 23.0 Å². The monoisotopic (exact) mass is 428 g/mol. The van der Waals surface area contributed by atoms with Gasteiger partial charge in [-0.2, -0.15) is 5.10 Å². The summed E-state index contributed by atoms with van der Waals surface area (Å²) in [5.41, 5.74) is 1.20. The lowest BCUT2D eigenvalue weighted by Crippen LogP contribution is -2.44. The van der Waals surface area contributed by atoms with Gasteiger partial charge in [0, 0.05) is 37.4 Å². The van der Waals surface area contributed by atoms with Crippen molar-refractivity contribution in [3.05, 3.63) is 46.3 Å². The maximum Gasteiger partial charge on any atom is 0.343 e. The number of rotatable bonds is 5. The van der Waals surface area contributed by atoms with Crippen LogP contribution in [-0.4, -0.2) is 69.0 Å². The van der Waals surface area contributed by atoms with Crippen molar-refractivity contribution in [1.29, 1.82) is 0 Å². The van der Waals surface area contributed by atoms with Crippen molar-refractivity contribution in [2.24, 2.45) is 0 Å². The summed E-state index contributed by atoms with van der Waals surface area (Å²) in [6, 6.07) is 4.19. The Morgan fingerprint density at radius 1 is 1.19 bits per heavy atom. The number of H-pyrrole nitrogens is 2. The summed E-state index contributed by atoms with van der Waals surface area (Å²) >= 11 is 0. The molecule has 1 saturated heterocycles. The summed E-state index contributed by atoms with van der Waals surface area (Å²) < 4.78 is 15.6. The van der Waals surface area contributed by atoms with Crippen LogP contribution in [0.5, 0.6) is 0 Å². The van der Waals surface area contributed by atoms with Crippen LogP contribution in [0.3, 0.4) is 0 Å². The van der Waals surface area contributed by atoms with E-state index in [2.05, 4.69) is 35.4 Å². The van der Waals surface area contributed by atoms with Crippen molar-refractivity contribution in [2.45, 2.75) is 19.9 Å². The zero-order chi connectivity index (χ0) is 22.1. The molecular weight excluding hydrogens is 403 g/mol. The van der Waals surface area contributed by atoms with Crippen LogP contribution < -0.4 is 15.9 Å². The van der Waals surface area contributed by atoms with E-state index >= 15 is 0 Å². The van der Waals surface area contributed by atoms with Gasteiger partial charge in [-0.05, 0) is 39.1 Å². The topological polar surface area (TPSA) is 115 Å². The predicted octanol–water partition coefficient (Wildman–Crippen LogP) is 1.69. The van der Waals surface area contributed by atoms with Crippen LogP contribution in [0, 0.1) is 5.82 Å². The Morgan fingerprint density at radius 3 is 2.61 bits per heavy atom. The molecule has 0 unspecified atom stereocenters. The summed E-state index contributed by atoms with van der Waals surface area (Å²) in [5.74, 6) is -0.707. The van der Waals surface area contributed by atoms with Crippen molar-refractivity contribution in [1.82, 2.24) is 29.9 Å². The van der Waals surface area contributed by atoms with Gasteiger partial charge < -0.3 is 15.1 Å². The van der Waals surface area contributed by atoms with Crippen molar-refractivity contribution < 1.29 is 9.18 Å². The predicted molar refractivity (Wildman–Crippen MR) is 115 cm³/mol. The summed E-state index contributed by atoms with van der Waals surface area (Å²) in [4.78, 5) is 31.8. The van der Waals surface area contributed by atoms with Crippen LogP contribution in [0.4, 0.5) is 15.8 Å². The zero-order valence-corrected chi connectivity index (χ0v) is 17.6. The number of likely N-dealkylation sites (N-methyl/N-ethyl adjacent to an activating group) is 1. The number of amides is 1. The first-order valence-electron chi connectivity index (χ1n) is 10.1. The third-order valence-electron chi connectivity index (χ3n) is 5.27. The van der Waals surface area contributed by atoms with Gasteiger partial charge in [0.25, 0.3) is 5.91 Å². The van der Waals surface area contributed by atoms with Crippen LogP contribution in [-0.2, 0) is 0 Å². The third-order valence-corrected chi connectivity index (χ3v) is 5.27. The van der Waals surface area contributed by atoms with Gasteiger partial charge in [0.15, 0.2) is 5.82 Å². The first kappa shape index (κ1) is 20.8. The number of benzene rings is 1. The molecule has 11 heteroatoms. The second-order valence-corrected chi connectivity index (χ2v) is 7.92. The van der Waals surface area contributed by atoms with E-state index in [9.17, 15) is 14.0 Å². The van der Waals surface area contributed by atoms with Crippen molar-refractivity contribution >= 4 is 17.3 Å². The highest BCUT2D eigenvalue weighted by molar-refractivity contribution is 6.06. The Labute approximate surface area is 178 Å². The average molecular weight is 428 g/mol. The molecule has 0 bridgehead atoms. The van der Waals surface area contributed by atoms with Gasteiger partial charge >= 0.3 is 5.69 Å². The smallest absolute Gasteiger partial charge is 0.343 e. The van der Waals surface area contributed by atoms with Crippen LogP contribution in [0.25, 0.3) is 11.5 Å². The fourth-order valence-electron chi connectivity index (χ4n) is 3.51. The fourth-order valence-corrected chi connectivity index (χ4v) is 3.51. The summed E-state index contributed by atoms with van der Waals surface area (Å²) in [5, 5.41) is 13.7. The van der Waals surface area contributed by atoms with E-state index in [0.717, 1.165) is 26.2 Å². The lowest BCUT2D eigenvalue weighted by Gasteiger charge is -2.34. The largest absolute Gasteiger partial charge is 0.369 e. The van der Waals surface area contributed by atoms with Gasteiger partial charge in [0.1, 0.15) is 11.5 Å². The van der Waals surface area contributed by atoms with E-state index in [0.29, 0.717) is 17.1 Å². The molecule has 10 nitrogen and oxygen atoms in total. The van der Waals surface area contributed by atoms with E-state index in [1.54, 1.807) is 6.07 Å². The number of halogens is 1. The highest BCUT2D eigenvalue weighted by atomic mass is 19.1. The number of nitrogens with zero attached hydrogens (tertiary/aromatic N) is 5. The molecule has 1 fully saturated rings. The molecule has 3 N–H and O–H groups in total. The van der Waals surface area contributed by atoms with Gasteiger partial charge in [-0.15, -0.1) is 5.10 Å². The van der Waals surface area contributed by atoms with Crippen molar-refractivity contribution in [3.8, 4) is 11.5 Å². The number of piperazine rings is 1. The van der Waals surface area contributed by atoms with Gasteiger partial charge in [0.2, 0.25) is 0 Å². The van der Waals surface area contributed by atoms with Gasteiger partial charge in [0.05, 0.1) is 17.9 Å². The minimum absolute atomic E-state index is 0.126. The summed E-state index contributed by atoms with van der Waals surface area (Å²) in [7, 11) is 2.04. The number of aromatic nitrogens is 5. The molecule has 0 saturated carbocycles. The van der Waals surface area contributed by atoms with Crippen LogP contribution >= 0.6 is 0 Å². The molecular formula is C20H25FN8O2. The third kappa shape index (κ3) is 4.36. The van der Waals surface area contributed by atoms with Crippen LogP contribution in [0.15, 0.2) is 29.2 Å².